The van der Waals surface area contributed by atoms with E-state index in [1.54, 1.807) is 0 Å². The molecule has 0 spiro atoms. The summed E-state index contributed by atoms with van der Waals surface area (Å²) in [5.41, 5.74) is 0. The van der Waals surface area contributed by atoms with Crippen LogP contribution in [0.15, 0.2) is 0 Å². The van der Waals surface area contributed by atoms with Gasteiger partial charge >= 0.3 is 0 Å². The van der Waals surface area contributed by atoms with E-state index in [0.717, 1.165) is 13.1 Å². The Morgan fingerprint density at radius 3 is 2.67 bits per heavy atom. The fourth-order valence-electron chi connectivity index (χ4n) is 1.10. The molecule has 1 fully saturated rings. The molecule has 1 rings (SSSR count). The number of morpholine rings is 1. The minimum Gasteiger partial charge on any atom is -0.362 e. The number of hydrogen-bond acceptors (Lipinski definition) is 2. The number of hydrogen-bond donors (Lipinski definition) is 0. The Labute approximate surface area is 69.7 Å². The number of rotatable bonds is 0. The van der Waals surface area contributed by atoms with Crippen molar-refractivity contribution in [2.24, 2.45) is 0 Å². The second kappa shape index (κ2) is 3.16. The van der Waals surface area contributed by atoms with E-state index < -0.39 is 0 Å². The fraction of sp³-hybridized carbons (Fsp3) is 1.00. The third kappa shape index (κ3) is 2.39. The van der Waals surface area contributed by atoms with Crippen molar-refractivity contribution in [2.45, 2.75) is 17.1 Å². The Morgan fingerprint density at radius 2 is 2.22 bits per heavy atom. The third-order valence-electron chi connectivity index (χ3n) is 1.40. The van der Waals surface area contributed by atoms with Crippen molar-refractivity contribution in [3.05, 3.63) is 0 Å². The molecule has 0 aliphatic carbocycles. The van der Waals surface area contributed by atoms with Crippen molar-refractivity contribution in [1.29, 1.82) is 0 Å². The molecule has 9 heavy (non-hydrogen) atoms. The van der Waals surface area contributed by atoms with Crippen molar-refractivity contribution in [3.63, 3.8) is 0 Å². The lowest BCUT2D eigenvalue weighted by molar-refractivity contribution is -0.0190. The molecule has 0 aromatic heterocycles. The van der Waals surface area contributed by atoms with Crippen molar-refractivity contribution < 1.29 is 4.74 Å². The maximum atomic E-state index is 5.50. The number of halogens is 1. The maximum absolute atomic E-state index is 5.50. The minimum absolute atomic E-state index is 0.386. The van der Waals surface area contributed by atoms with E-state index >= 15 is 0 Å². The largest absolute Gasteiger partial charge is 0.362 e. The summed E-state index contributed by atoms with van der Waals surface area (Å²) in [6, 6.07) is 0. The molecule has 2 atom stereocenters. The zero-order valence-corrected chi connectivity index (χ0v) is 7.96. The molecule has 0 N–H and O–H groups in total. The van der Waals surface area contributed by atoms with Gasteiger partial charge in [-0.1, -0.05) is 0 Å². The molecule has 0 aromatic rings. The van der Waals surface area contributed by atoms with Gasteiger partial charge in [0, 0.05) is 13.1 Å². The number of likely N-dealkylation sites (N-methyl/N-ethyl adjacent to an activating group) is 1. The third-order valence-corrected chi connectivity index (χ3v) is 2.09. The molecule has 3 heteroatoms. The summed E-state index contributed by atoms with van der Waals surface area (Å²) in [7, 11) is 2.13. The van der Waals surface area contributed by atoms with Crippen LogP contribution < -0.4 is 0 Å². The van der Waals surface area contributed by atoms with Crippen LogP contribution >= 0.6 is 22.6 Å². The van der Waals surface area contributed by atoms with Crippen LogP contribution in [0.25, 0.3) is 0 Å². The van der Waals surface area contributed by atoms with Gasteiger partial charge in [-0.2, -0.15) is 0 Å². The second-order valence-corrected chi connectivity index (χ2v) is 3.97. The van der Waals surface area contributed by atoms with Crippen LogP contribution in [0.1, 0.15) is 6.92 Å². The highest BCUT2D eigenvalue weighted by atomic mass is 127. The molecule has 1 saturated heterocycles. The predicted molar refractivity (Wildman–Crippen MR) is 45.9 cm³/mol. The highest BCUT2D eigenvalue weighted by Crippen LogP contribution is 2.13. The number of alkyl halides is 1. The number of nitrogens with zero attached hydrogens (tertiary/aromatic N) is 1. The lowest BCUT2D eigenvalue weighted by atomic mass is 10.3. The summed E-state index contributed by atoms with van der Waals surface area (Å²) in [6.07, 6.45) is 0.408. The van der Waals surface area contributed by atoms with Crippen molar-refractivity contribution in [2.75, 3.05) is 20.1 Å². The maximum Gasteiger partial charge on any atom is 0.121 e. The summed E-state index contributed by atoms with van der Waals surface area (Å²) in [4.78, 5) is 2.30. The Balaban J connectivity index is 2.34. The molecule has 2 nitrogen and oxygen atoms in total. The molecular formula is C6H12INO. The van der Waals surface area contributed by atoms with E-state index in [2.05, 4.69) is 41.5 Å². The molecular weight excluding hydrogens is 229 g/mol. The van der Waals surface area contributed by atoms with Gasteiger partial charge in [-0.15, -0.1) is 0 Å². The molecule has 2 unspecified atom stereocenters. The topological polar surface area (TPSA) is 12.5 Å². The summed E-state index contributed by atoms with van der Waals surface area (Å²) in [5, 5.41) is 0. The quantitative estimate of drug-likeness (QED) is 0.465. The van der Waals surface area contributed by atoms with E-state index in [1.165, 1.54) is 0 Å². The lowest BCUT2D eigenvalue weighted by Gasteiger charge is -2.31. The highest BCUT2D eigenvalue weighted by molar-refractivity contribution is 14.1. The summed E-state index contributed by atoms with van der Waals surface area (Å²) in [6.45, 7) is 4.24. The monoisotopic (exact) mass is 241 g/mol. The predicted octanol–water partition coefficient (Wildman–Crippen LogP) is 1.10. The van der Waals surface area contributed by atoms with E-state index in [-0.39, 0.29) is 0 Å². The van der Waals surface area contributed by atoms with Gasteiger partial charge in [-0.05, 0) is 36.6 Å². The molecule has 1 heterocycles. The Bertz CT molecular complexity index is 74.0. The average Bonchev–Trinajstić information content (AvgIpc) is 1.59. The van der Waals surface area contributed by atoms with Gasteiger partial charge < -0.3 is 9.64 Å². The Kier molecular flexibility index (Phi) is 2.73. The van der Waals surface area contributed by atoms with Crippen LogP contribution in [0.3, 0.4) is 0 Å². The van der Waals surface area contributed by atoms with Crippen LogP contribution in [0.4, 0.5) is 0 Å². The molecule has 54 valence electrons. The molecule has 0 amide bonds. The normalized spacial score (nSPS) is 39.0. The van der Waals surface area contributed by atoms with Gasteiger partial charge in [0.1, 0.15) is 4.11 Å². The van der Waals surface area contributed by atoms with Crippen LogP contribution in [-0.2, 0) is 4.74 Å². The summed E-state index contributed by atoms with van der Waals surface area (Å²) < 4.78 is 5.89. The molecule has 0 bridgehead atoms. The van der Waals surface area contributed by atoms with Crippen molar-refractivity contribution in [3.8, 4) is 0 Å². The Morgan fingerprint density at radius 1 is 1.56 bits per heavy atom. The van der Waals surface area contributed by atoms with Gasteiger partial charge in [0.05, 0.1) is 6.10 Å². The first-order chi connectivity index (χ1) is 4.18. The van der Waals surface area contributed by atoms with Crippen molar-refractivity contribution in [1.82, 2.24) is 4.90 Å². The molecule has 0 radical (unpaired) electrons. The summed E-state index contributed by atoms with van der Waals surface area (Å²) in [5.74, 6) is 0. The number of ether oxygens (including phenoxy) is 1. The molecule has 1 aliphatic heterocycles. The Hall–Kier alpha value is 0.650. The standard InChI is InChI=1S/C6H12INO/c1-5-3-8(2)4-6(7)9-5/h5-6H,3-4H2,1-2H3. The second-order valence-electron chi connectivity index (χ2n) is 2.58. The molecule has 0 saturated carbocycles. The van der Waals surface area contributed by atoms with Gasteiger partial charge in [0.25, 0.3) is 0 Å². The zero-order chi connectivity index (χ0) is 6.85. The minimum atomic E-state index is 0.386. The van der Waals surface area contributed by atoms with Crippen LogP contribution in [0.5, 0.6) is 0 Å². The first-order valence-electron chi connectivity index (χ1n) is 3.16. The lowest BCUT2D eigenvalue weighted by Crippen LogP contribution is -2.41. The zero-order valence-electron chi connectivity index (χ0n) is 5.80. The summed E-state index contributed by atoms with van der Waals surface area (Å²) >= 11 is 2.32. The van der Waals surface area contributed by atoms with Gasteiger partial charge in [-0.25, -0.2) is 0 Å². The first-order valence-corrected chi connectivity index (χ1v) is 4.41. The average molecular weight is 241 g/mol. The van der Waals surface area contributed by atoms with E-state index in [0.29, 0.717) is 10.2 Å². The van der Waals surface area contributed by atoms with E-state index in [4.69, 9.17) is 4.74 Å². The van der Waals surface area contributed by atoms with E-state index in [1.807, 2.05) is 0 Å². The molecule has 1 aliphatic rings. The van der Waals surface area contributed by atoms with Crippen LogP contribution in [-0.4, -0.2) is 35.3 Å². The van der Waals surface area contributed by atoms with Crippen LogP contribution in [0, 0.1) is 0 Å². The SMILES string of the molecule is CC1CN(C)CC(I)O1. The van der Waals surface area contributed by atoms with E-state index in [9.17, 15) is 0 Å². The van der Waals surface area contributed by atoms with Crippen molar-refractivity contribution >= 4 is 22.6 Å². The molecule has 0 aromatic carbocycles. The first kappa shape index (κ1) is 7.75. The van der Waals surface area contributed by atoms with Crippen LogP contribution in [0.2, 0.25) is 0 Å². The van der Waals surface area contributed by atoms with Gasteiger partial charge in [0.2, 0.25) is 0 Å². The smallest absolute Gasteiger partial charge is 0.121 e. The fourth-order valence-corrected chi connectivity index (χ4v) is 2.27. The van der Waals surface area contributed by atoms with Gasteiger partial charge in [0.15, 0.2) is 0 Å². The van der Waals surface area contributed by atoms with Gasteiger partial charge in [-0.3, -0.25) is 0 Å². The highest BCUT2D eigenvalue weighted by Gasteiger charge is 2.19.